The number of hydrogen-bond acceptors (Lipinski definition) is 5. The maximum atomic E-state index is 11.5. The minimum Gasteiger partial charge on any atom is -0.461 e. The van der Waals surface area contributed by atoms with Crippen LogP contribution in [0, 0.1) is 5.41 Å². The van der Waals surface area contributed by atoms with Gasteiger partial charge in [-0.3, -0.25) is 4.79 Å². The maximum absolute atomic E-state index is 11.5. The Bertz CT molecular complexity index is 226. The summed E-state index contributed by atoms with van der Waals surface area (Å²) in [6, 6.07) is 0. The molecule has 0 bridgehead atoms. The number of carbonyl (C=O) groups is 1. The van der Waals surface area contributed by atoms with E-state index in [9.17, 15) is 4.79 Å². The summed E-state index contributed by atoms with van der Waals surface area (Å²) in [6.07, 6.45) is 0.0529. The highest BCUT2D eigenvalue weighted by molar-refractivity contribution is 6.56. The van der Waals surface area contributed by atoms with E-state index in [1.807, 2.05) is 6.92 Å². The molecule has 0 aromatic heterocycles. The monoisotopic (exact) mass is 214 g/mol. The lowest BCUT2D eigenvalue weighted by atomic mass is 9.91. The van der Waals surface area contributed by atoms with Crippen LogP contribution in [0.1, 0.15) is 27.2 Å². The fraction of sp³-hybridized carbons (Fsp3) is 0.857. The Labute approximate surface area is 82.8 Å². The molecule has 0 saturated carbocycles. The zero-order valence-electron chi connectivity index (χ0n) is 11.0. The van der Waals surface area contributed by atoms with Crippen LogP contribution in [0.2, 0.25) is 0 Å². The molecule has 78 valence electrons. The Morgan fingerprint density at radius 1 is 1.54 bits per heavy atom. The highest BCUT2D eigenvalue weighted by atomic mass is 28.4. The number of carbonyl (C=O) groups excluding carboxylic acids is 1. The number of ether oxygens (including phenoxy) is 1. The molecule has 0 saturated heterocycles. The van der Waals surface area contributed by atoms with Crippen molar-refractivity contribution in [3.63, 3.8) is 0 Å². The Hall–Kier alpha value is -0.433. The van der Waals surface area contributed by atoms with Crippen LogP contribution in [0.5, 0.6) is 0 Å². The van der Waals surface area contributed by atoms with Crippen LogP contribution in [0.25, 0.3) is 0 Å². The van der Waals surface area contributed by atoms with Crippen molar-refractivity contribution in [3.8, 4) is 0 Å². The third-order valence-electron chi connectivity index (χ3n) is 1.82. The van der Waals surface area contributed by atoms with Crippen molar-refractivity contribution < 1.29 is 23.9 Å². The first-order valence-corrected chi connectivity index (χ1v) is 5.91. The molecule has 5 nitrogen and oxygen atoms in total. The van der Waals surface area contributed by atoms with Crippen LogP contribution in [0.3, 0.4) is 0 Å². The zero-order chi connectivity index (χ0) is 12.8. The van der Waals surface area contributed by atoms with Gasteiger partial charge in [0.1, 0.15) is 0 Å². The molecule has 0 aliphatic heterocycles. The third kappa shape index (κ3) is 4.99. The molecule has 0 radical (unpaired) electrons. The average molecular weight is 214 g/mol. The van der Waals surface area contributed by atoms with Crippen LogP contribution in [0.15, 0.2) is 0 Å². The first kappa shape index (κ1) is 7.92. The van der Waals surface area contributed by atoms with E-state index >= 15 is 0 Å². The second kappa shape index (κ2) is 4.19. The van der Waals surface area contributed by atoms with E-state index < -0.39 is 26.4 Å². The van der Waals surface area contributed by atoms with Gasteiger partial charge in [0, 0.05) is 0 Å². The predicted molar refractivity (Wildman–Crippen MR) is 47.4 cm³/mol. The maximum Gasteiger partial charge on any atom is 0.532 e. The van der Waals surface area contributed by atoms with Gasteiger partial charge in [-0.15, -0.1) is 0 Å². The zero-order valence-corrected chi connectivity index (χ0v) is 8.96. The van der Waals surface area contributed by atoms with Crippen molar-refractivity contribution in [2.45, 2.75) is 27.2 Å². The summed E-state index contributed by atoms with van der Waals surface area (Å²) < 4.78 is 24.7. The molecular weight excluding hydrogens is 192 g/mol. The molecule has 0 spiro atoms. The Morgan fingerprint density at radius 2 is 2.08 bits per heavy atom. The van der Waals surface area contributed by atoms with Gasteiger partial charge in [-0.1, -0.05) is 6.92 Å². The molecule has 13 heavy (non-hydrogen) atoms. The summed E-state index contributed by atoms with van der Waals surface area (Å²) in [4.78, 5) is 23.6. The van der Waals surface area contributed by atoms with Gasteiger partial charge in [-0.2, -0.15) is 0 Å². The fourth-order valence-electron chi connectivity index (χ4n) is 0.494. The predicted octanol–water partition coefficient (Wildman–Crippen LogP) is -0.579. The molecule has 0 aromatic carbocycles. The molecule has 0 amide bonds. The summed E-state index contributed by atoms with van der Waals surface area (Å²) in [5, 5.41) is 0. The SMILES string of the molecule is [3H]O[Si](COC(=O)C(C)(C)CC)(O[3H])O[3H]. The minimum atomic E-state index is -3.81. The third-order valence-corrected chi connectivity index (χ3v) is 2.31. The number of rotatable bonds is 7. The van der Waals surface area contributed by atoms with Crippen molar-refractivity contribution in [1.82, 2.24) is 0 Å². The Balaban J connectivity index is 4.38. The van der Waals surface area contributed by atoms with Gasteiger partial charge in [0.05, 0.1) is 5.41 Å². The lowest BCUT2D eigenvalue weighted by molar-refractivity contribution is -0.153. The van der Waals surface area contributed by atoms with Gasteiger partial charge >= 0.3 is 14.8 Å². The van der Waals surface area contributed by atoms with E-state index in [0.717, 1.165) is 0 Å². The van der Waals surface area contributed by atoms with Crippen LogP contribution in [0.4, 0.5) is 0 Å². The number of esters is 1. The molecule has 0 unspecified atom stereocenters. The van der Waals surface area contributed by atoms with Crippen LogP contribution >= 0.6 is 0 Å². The highest BCUT2D eigenvalue weighted by Gasteiger charge is 2.33. The van der Waals surface area contributed by atoms with Crippen molar-refractivity contribution >= 4 is 14.8 Å². The molecule has 0 atom stereocenters. The molecule has 0 aromatic rings. The Morgan fingerprint density at radius 3 is 2.46 bits per heavy atom. The molecule has 3 N–H and O–H groups in total. The first-order valence-electron chi connectivity index (χ1n) is 5.20. The van der Waals surface area contributed by atoms with Crippen molar-refractivity contribution in [2.24, 2.45) is 5.41 Å². The molecule has 6 heteroatoms. The van der Waals surface area contributed by atoms with E-state index in [1.54, 1.807) is 13.8 Å². The van der Waals surface area contributed by atoms with Gasteiger partial charge in [0.2, 0.25) is 0 Å². The summed E-state index contributed by atoms with van der Waals surface area (Å²) >= 11 is 0. The smallest absolute Gasteiger partial charge is 0.461 e. The van der Waals surface area contributed by atoms with Crippen LogP contribution < -0.4 is 0 Å². The highest BCUT2D eigenvalue weighted by Crippen LogP contribution is 2.21. The minimum absolute atomic E-state index is 0.516. The van der Waals surface area contributed by atoms with Gasteiger partial charge in [-0.05, 0) is 20.3 Å². The topological polar surface area (TPSA) is 87.0 Å². The molecular formula is C7H16O5Si. The van der Waals surface area contributed by atoms with Crippen LogP contribution in [-0.4, -0.2) is 39.7 Å². The van der Waals surface area contributed by atoms with E-state index in [2.05, 4.69) is 14.4 Å². The van der Waals surface area contributed by atoms with Gasteiger partial charge in [0.25, 0.3) is 0 Å². The lowest BCUT2D eigenvalue weighted by Gasteiger charge is -2.21. The fourth-order valence-corrected chi connectivity index (χ4v) is 0.802. The summed E-state index contributed by atoms with van der Waals surface area (Å²) in [5.74, 6) is -0.516. The molecule has 0 aliphatic carbocycles. The van der Waals surface area contributed by atoms with Crippen LogP contribution in [-0.2, 0) is 9.53 Å². The van der Waals surface area contributed by atoms with E-state index in [-0.39, 0.29) is 0 Å². The summed E-state index contributed by atoms with van der Waals surface area (Å²) in [5.41, 5.74) is -0.674. The van der Waals surface area contributed by atoms with Crippen molar-refractivity contribution in [2.75, 3.05) is 6.23 Å². The lowest BCUT2D eigenvalue weighted by Crippen LogP contribution is -2.43. The quantitative estimate of drug-likeness (QED) is 0.390. The van der Waals surface area contributed by atoms with Crippen molar-refractivity contribution in [3.05, 3.63) is 0 Å². The number of hydrogen-bond donors (Lipinski definition) is 3. The average Bonchev–Trinajstić information content (AvgIpc) is 2.31. The normalized spacial score (nSPS) is 15.8. The van der Waals surface area contributed by atoms with E-state index in [4.69, 9.17) is 9.03 Å². The van der Waals surface area contributed by atoms with Gasteiger partial charge < -0.3 is 19.1 Å². The summed E-state index contributed by atoms with van der Waals surface area (Å²) in [6.45, 7) is 5.22. The van der Waals surface area contributed by atoms with Gasteiger partial charge in [-0.25, -0.2) is 0 Å². The summed E-state index contributed by atoms with van der Waals surface area (Å²) in [7, 11) is -3.81. The first-order chi connectivity index (χ1) is 7.37. The van der Waals surface area contributed by atoms with Crippen molar-refractivity contribution in [1.29, 1.82) is 4.29 Å². The Kier molecular flexibility index (Phi) is 2.55. The second-order valence-electron chi connectivity index (χ2n) is 3.50. The van der Waals surface area contributed by atoms with E-state index in [0.29, 0.717) is 6.42 Å². The molecule has 0 heterocycles. The van der Waals surface area contributed by atoms with E-state index in [1.165, 1.54) is 0 Å². The standard InChI is InChI=1S/C7H16O5Si/c1-4-7(2,3)6(8)12-5-13(9,10)11/h9-11H,4-5H2,1-3H3/i9T,10T,11T. The molecule has 0 fully saturated rings. The second-order valence-corrected chi connectivity index (χ2v) is 5.15. The molecule has 0 rings (SSSR count). The molecule has 0 aliphatic rings. The van der Waals surface area contributed by atoms with Gasteiger partial charge in [0.15, 0.2) is 10.5 Å². The largest absolute Gasteiger partial charge is 0.532 e.